The molecule has 0 fully saturated rings. The molecule has 19 heavy (non-hydrogen) atoms. The number of carboxylic acids is 1. The van der Waals surface area contributed by atoms with E-state index in [1.807, 2.05) is 0 Å². The maximum Gasteiger partial charge on any atom is 0.327 e. The van der Waals surface area contributed by atoms with Crippen molar-refractivity contribution < 1.29 is 19.1 Å². The normalized spacial score (nSPS) is 13.8. The third-order valence-electron chi connectivity index (χ3n) is 3.11. The zero-order chi connectivity index (χ0) is 14.6. The van der Waals surface area contributed by atoms with E-state index < -0.39 is 23.4 Å². The van der Waals surface area contributed by atoms with Gasteiger partial charge in [0.25, 0.3) is 5.56 Å². The Kier molecular flexibility index (Phi) is 4.97. The van der Waals surface area contributed by atoms with Crippen molar-refractivity contribution in [1.82, 2.24) is 4.57 Å². The lowest BCUT2D eigenvalue weighted by Gasteiger charge is -2.21. The molecule has 1 aromatic rings. The monoisotopic (exact) mass is 269 g/mol. The highest BCUT2D eigenvalue weighted by Gasteiger charge is 2.27. The first-order chi connectivity index (χ1) is 8.92. The summed E-state index contributed by atoms with van der Waals surface area (Å²) in [6.07, 6.45) is 2.28. The van der Waals surface area contributed by atoms with Gasteiger partial charge < -0.3 is 9.90 Å². The van der Waals surface area contributed by atoms with Crippen LogP contribution in [-0.4, -0.2) is 21.9 Å². The minimum atomic E-state index is -1.20. The quantitative estimate of drug-likeness (QED) is 0.792. The Bertz CT molecular complexity index is 538. The average molecular weight is 269 g/mol. The highest BCUT2D eigenvalue weighted by atomic mass is 19.1. The predicted molar refractivity (Wildman–Crippen MR) is 66.6 cm³/mol. The predicted octanol–water partition coefficient (Wildman–Crippen LogP) is 1.40. The van der Waals surface area contributed by atoms with Crippen molar-refractivity contribution in [2.75, 3.05) is 0 Å². The molecule has 0 saturated heterocycles. The van der Waals surface area contributed by atoms with Crippen molar-refractivity contribution in [3.63, 3.8) is 0 Å². The van der Waals surface area contributed by atoms with Crippen LogP contribution in [0.4, 0.5) is 4.39 Å². The van der Waals surface area contributed by atoms with Crippen LogP contribution in [0.3, 0.4) is 0 Å². The van der Waals surface area contributed by atoms with Crippen molar-refractivity contribution in [2.45, 2.75) is 32.7 Å². The number of pyridine rings is 1. The third-order valence-corrected chi connectivity index (χ3v) is 3.11. The van der Waals surface area contributed by atoms with Gasteiger partial charge in [-0.3, -0.25) is 9.36 Å². The summed E-state index contributed by atoms with van der Waals surface area (Å²) in [4.78, 5) is 33.5. The maximum atomic E-state index is 13.5. The number of carboxylic acid groups (broad SMARTS) is 1. The zero-order valence-electron chi connectivity index (χ0n) is 10.8. The number of halogens is 1. The Morgan fingerprint density at radius 1 is 1.58 bits per heavy atom. The third kappa shape index (κ3) is 3.27. The fourth-order valence-electron chi connectivity index (χ4n) is 1.90. The van der Waals surface area contributed by atoms with Gasteiger partial charge in [0, 0.05) is 12.6 Å². The van der Waals surface area contributed by atoms with Gasteiger partial charge in [0.2, 0.25) is 0 Å². The second-order valence-corrected chi connectivity index (χ2v) is 4.45. The van der Waals surface area contributed by atoms with Crippen LogP contribution in [-0.2, 0) is 16.0 Å². The van der Waals surface area contributed by atoms with Gasteiger partial charge in [0.1, 0.15) is 12.3 Å². The molecule has 1 heterocycles. The number of nitrogens with zero attached hydrogens (tertiary/aromatic N) is 1. The molecule has 0 saturated carbocycles. The summed E-state index contributed by atoms with van der Waals surface area (Å²) in [7, 11) is 0. The first kappa shape index (κ1) is 15.1. The summed E-state index contributed by atoms with van der Waals surface area (Å²) >= 11 is 0. The van der Waals surface area contributed by atoms with Gasteiger partial charge in [-0.05, 0) is 17.5 Å². The van der Waals surface area contributed by atoms with E-state index in [1.54, 1.807) is 13.8 Å². The number of aromatic nitrogens is 1. The minimum absolute atomic E-state index is 0.0654. The molecule has 0 aliphatic carbocycles. The summed E-state index contributed by atoms with van der Waals surface area (Å²) in [6.45, 7) is 3.47. The fourth-order valence-corrected chi connectivity index (χ4v) is 1.90. The second-order valence-electron chi connectivity index (χ2n) is 4.45. The van der Waals surface area contributed by atoms with Gasteiger partial charge in [-0.1, -0.05) is 20.3 Å². The van der Waals surface area contributed by atoms with Crippen molar-refractivity contribution in [1.29, 1.82) is 0 Å². The molecule has 0 aromatic carbocycles. The summed E-state index contributed by atoms with van der Waals surface area (Å²) in [5, 5.41) is 9.21. The van der Waals surface area contributed by atoms with E-state index in [0.717, 1.165) is 10.6 Å². The molecule has 1 aromatic heterocycles. The van der Waals surface area contributed by atoms with Gasteiger partial charge in [-0.2, -0.15) is 0 Å². The van der Waals surface area contributed by atoms with Gasteiger partial charge in [-0.25, -0.2) is 9.18 Å². The fraction of sp³-hybridized carbons (Fsp3) is 0.462. The summed E-state index contributed by atoms with van der Waals surface area (Å²) in [5.74, 6) is -2.57. The topological polar surface area (TPSA) is 76.4 Å². The van der Waals surface area contributed by atoms with Gasteiger partial charge in [0.15, 0.2) is 5.82 Å². The molecule has 0 radical (unpaired) electrons. The van der Waals surface area contributed by atoms with Crippen molar-refractivity contribution in [2.24, 2.45) is 5.92 Å². The van der Waals surface area contributed by atoms with Crippen LogP contribution in [0.2, 0.25) is 0 Å². The molecule has 0 amide bonds. The number of aldehydes is 1. The van der Waals surface area contributed by atoms with E-state index in [-0.39, 0.29) is 17.9 Å². The highest BCUT2D eigenvalue weighted by Crippen LogP contribution is 2.20. The first-order valence-electron chi connectivity index (χ1n) is 5.99. The molecule has 1 unspecified atom stereocenters. The maximum absolute atomic E-state index is 13.5. The van der Waals surface area contributed by atoms with Crippen LogP contribution < -0.4 is 5.56 Å². The minimum Gasteiger partial charge on any atom is -0.480 e. The largest absolute Gasteiger partial charge is 0.480 e. The molecule has 1 N–H and O–H groups in total. The molecule has 0 bridgehead atoms. The summed E-state index contributed by atoms with van der Waals surface area (Å²) < 4.78 is 14.4. The van der Waals surface area contributed by atoms with E-state index in [9.17, 15) is 23.9 Å². The van der Waals surface area contributed by atoms with Crippen LogP contribution in [0.25, 0.3) is 0 Å². The van der Waals surface area contributed by atoms with Crippen LogP contribution >= 0.6 is 0 Å². The lowest BCUT2D eigenvalue weighted by atomic mass is 9.98. The molecule has 0 spiro atoms. The highest BCUT2D eigenvalue weighted by molar-refractivity contribution is 5.72. The number of carbonyl (C=O) groups excluding carboxylic acids is 1. The van der Waals surface area contributed by atoms with Crippen molar-refractivity contribution in [3.05, 3.63) is 34.0 Å². The van der Waals surface area contributed by atoms with E-state index in [1.165, 1.54) is 6.20 Å². The molecular formula is C13H16FNO4. The first-order valence-corrected chi connectivity index (χ1v) is 5.99. The average Bonchev–Trinajstić information content (AvgIpc) is 2.35. The second kappa shape index (κ2) is 6.26. The molecule has 104 valence electrons. The van der Waals surface area contributed by atoms with Crippen LogP contribution in [0.15, 0.2) is 17.1 Å². The molecule has 6 heteroatoms. The van der Waals surface area contributed by atoms with Crippen LogP contribution in [0.5, 0.6) is 0 Å². The van der Waals surface area contributed by atoms with Crippen LogP contribution in [0, 0.1) is 11.7 Å². The SMILES string of the molecule is CC[C@@H](C)C(C(=O)O)n1cc(CC=O)cc(F)c1=O. The number of aliphatic carboxylic acids is 1. The van der Waals surface area contributed by atoms with E-state index in [4.69, 9.17) is 0 Å². The Labute approximate surface area is 109 Å². The molecule has 1 rings (SSSR count). The Morgan fingerprint density at radius 3 is 2.68 bits per heavy atom. The Hall–Kier alpha value is -1.98. The van der Waals surface area contributed by atoms with Crippen LogP contribution in [0.1, 0.15) is 31.9 Å². The lowest BCUT2D eigenvalue weighted by molar-refractivity contribution is -0.142. The van der Waals surface area contributed by atoms with Crippen molar-refractivity contribution in [3.8, 4) is 0 Å². The summed E-state index contributed by atoms with van der Waals surface area (Å²) in [6, 6.07) is -0.179. The Balaban J connectivity index is 3.40. The number of hydrogen-bond acceptors (Lipinski definition) is 3. The van der Waals surface area contributed by atoms with Gasteiger partial charge in [-0.15, -0.1) is 0 Å². The zero-order valence-corrected chi connectivity index (χ0v) is 10.8. The number of carbonyl (C=O) groups is 2. The number of hydrogen-bond donors (Lipinski definition) is 1. The molecule has 0 aliphatic heterocycles. The molecular weight excluding hydrogens is 253 g/mol. The summed E-state index contributed by atoms with van der Waals surface area (Å²) in [5.41, 5.74) is -0.705. The van der Waals surface area contributed by atoms with Gasteiger partial charge >= 0.3 is 5.97 Å². The van der Waals surface area contributed by atoms with E-state index in [0.29, 0.717) is 12.7 Å². The number of rotatable bonds is 6. The molecule has 5 nitrogen and oxygen atoms in total. The van der Waals surface area contributed by atoms with E-state index >= 15 is 0 Å². The smallest absolute Gasteiger partial charge is 0.327 e. The van der Waals surface area contributed by atoms with Gasteiger partial charge in [0.05, 0.1) is 0 Å². The lowest BCUT2D eigenvalue weighted by Crippen LogP contribution is -2.35. The van der Waals surface area contributed by atoms with Crippen molar-refractivity contribution >= 4 is 12.3 Å². The Morgan fingerprint density at radius 2 is 2.21 bits per heavy atom. The molecule has 0 aliphatic rings. The van der Waals surface area contributed by atoms with E-state index in [2.05, 4.69) is 0 Å². The standard InChI is InChI=1S/C13H16FNO4/c1-3-8(2)11(13(18)19)15-7-9(4-5-16)6-10(14)12(15)17/h5-8,11H,3-4H2,1-2H3,(H,18,19)/t8-,11?/m1/s1. The molecule has 2 atom stereocenters.